The van der Waals surface area contributed by atoms with E-state index in [0.29, 0.717) is 6.54 Å². The Bertz CT molecular complexity index is 446. The van der Waals surface area contributed by atoms with Crippen molar-refractivity contribution in [2.75, 3.05) is 18.0 Å². The normalized spacial score (nSPS) is 26.6. The van der Waals surface area contributed by atoms with Crippen LogP contribution in [0.1, 0.15) is 6.42 Å². The molecule has 0 unspecified atom stereocenters. The standard InChI is InChI=1S/C12H14N2O3/c15-11-3-1-8(2-4-11)13-6-10-5-9(13)7-14(10)12(16)17/h1-4,9-10,15H,5-7H2,(H,16,17)/t9-,10-/m1/s1. The zero-order chi connectivity index (χ0) is 12.0. The number of hydrogen-bond donors (Lipinski definition) is 2. The van der Waals surface area contributed by atoms with Gasteiger partial charge in [-0.1, -0.05) is 0 Å². The molecular weight excluding hydrogens is 220 g/mol. The predicted octanol–water partition coefficient (Wildman–Crippen LogP) is 1.33. The second-order valence-electron chi connectivity index (χ2n) is 4.65. The van der Waals surface area contributed by atoms with Gasteiger partial charge in [-0.3, -0.25) is 0 Å². The molecule has 2 saturated heterocycles. The lowest BCUT2D eigenvalue weighted by Crippen LogP contribution is -2.48. The molecule has 2 aliphatic rings. The van der Waals surface area contributed by atoms with Crippen LogP contribution >= 0.6 is 0 Å². The number of amides is 1. The molecule has 2 aliphatic heterocycles. The Hall–Kier alpha value is -1.91. The molecule has 2 bridgehead atoms. The van der Waals surface area contributed by atoms with Crippen LogP contribution in [0.25, 0.3) is 0 Å². The Morgan fingerprint density at radius 2 is 1.88 bits per heavy atom. The van der Waals surface area contributed by atoms with Crippen molar-refractivity contribution in [2.24, 2.45) is 0 Å². The van der Waals surface area contributed by atoms with Crippen molar-refractivity contribution < 1.29 is 15.0 Å². The Labute approximate surface area is 98.9 Å². The number of fused-ring (bicyclic) bond motifs is 2. The minimum atomic E-state index is -0.817. The van der Waals surface area contributed by atoms with Crippen LogP contribution in [0, 0.1) is 0 Å². The largest absolute Gasteiger partial charge is 0.508 e. The van der Waals surface area contributed by atoms with Gasteiger partial charge in [0.15, 0.2) is 0 Å². The van der Waals surface area contributed by atoms with Crippen LogP contribution in [0.15, 0.2) is 24.3 Å². The SMILES string of the molecule is O=C(O)N1C[C@H]2C[C@@H]1CN2c1ccc(O)cc1. The van der Waals surface area contributed by atoms with Crippen LogP contribution in [-0.4, -0.2) is 46.4 Å². The number of aromatic hydroxyl groups is 1. The van der Waals surface area contributed by atoms with E-state index in [1.165, 1.54) is 4.90 Å². The predicted molar refractivity (Wildman–Crippen MR) is 62.4 cm³/mol. The number of rotatable bonds is 1. The van der Waals surface area contributed by atoms with Crippen LogP contribution in [0.4, 0.5) is 10.5 Å². The quantitative estimate of drug-likeness (QED) is 0.769. The number of benzene rings is 1. The smallest absolute Gasteiger partial charge is 0.407 e. The Kier molecular flexibility index (Phi) is 2.14. The third kappa shape index (κ3) is 1.58. The average molecular weight is 234 g/mol. The number of likely N-dealkylation sites (tertiary alicyclic amines) is 1. The molecule has 5 nitrogen and oxygen atoms in total. The average Bonchev–Trinajstić information content (AvgIpc) is 2.89. The summed E-state index contributed by atoms with van der Waals surface area (Å²) in [6, 6.07) is 7.47. The van der Waals surface area contributed by atoms with Crippen molar-refractivity contribution >= 4 is 11.8 Å². The molecule has 0 radical (unpaired) electrons. The van der Waals surface area contributed by atoms with Crippen molar-refractivity contribution in [3.63, 3.8) is 0 Å². The topological polar surface area (TPSA) is 64.0 Å². The molecule has 0 aliphatic carbocycles. The van der Waals surface area contributed by atoms with Crippen molar-refractivity contribution in [2.45, 2.75) is 18.5 Å². The molecule has 2 N–H and O–H groups in total. The molecule has 1 aromatic carbocycles. The summed E-state index contributed by atoms with van der Waals surface area (Å²) in [4.78, 5) is 14.7. The number of nitrogens with zero attached hydrogens (tertiary/aromatic N) is 2. The van der Waals surface area contributed by atoms with Gasteiger partial charge in [-0.05, 0) is 30.7 Å². The molecule has 0 spiro atoms. The van der Waals surface area contributed by atoms with Gasteiger partial charge in [0.05, 0.1) is 6.04 Å². The van der Waals surface area contributed by atoms with E-state index in [1.807, 2.05) is 12.1 Å². The molecule has 0 aromatic heterocycles. The van der Waals surface area contributed by atoms with Crippen molar-refractivity contribution in [1.29, 1.82) is 0 Å². The Balaban J connectivity index is 1.78. The maximum absolute atomic E-state index is 11.0. The molecular formula is C12H14N2O3. The van der Waals surface area contributed by atoms with Gasteiger partial charge in [-0.15, -0.1) is 0 Å². The lowest BCUT2D eigenvalue weighted by molar-refractivity contribution is 0.137. The van der Waals surface area contributed by atoms with E-state index < -0.39 is 6.09 Å². The molecule has 90 valence electrons. The van der Waals surface area contributed by atoms with Crippen LogP contribution < -0.4 is 4.90 Å². The summed E-state index contributed by atoms with van der Waals surface area (Å²) in [6.45, 7) is 1.34. The molecule has 0 saturated carbocycles. The van der Waals surface area contributed by atoms with Gasteiger partial charge in [-0.25, -0.2) is 4.79 Å². The molecule has 17 heavy (non-hydrogen) atoms. The number of hydrogen-bond acceptors (Lipinski definition) is 3. The minimum Gasteiger partial charge on any atom is -0.508 e. The number of carboxylic acid groups (broad SMARTS) is 1. The van der Waals surface area contributed by atoms with Crippen molar-refractivity contribution in [3.05, 3.63) is 24.3 Å². The van der Waals surface area contributed by atoms with Crippen LogP contribution in [0.5, 0.6) is 5.75 Å². The lowest BCUT2D eigenvalue weighted by Gasteiger charge is -2.34. The van der Waals surface area contributed by atoms with Gasteiger partial charge in [0.2, 0.25) is 0 Å². The van der Waals surface area contributed by atoms with Crippen molar-refractivity contribution in [1.82, 2.24) is 4.90 Å². The highest BCUT2D eigenvalue weighted by Crippen LogP contribution is 2.34. The molecule has 1 amide bonds. The fourth-order valence-corrected chi connectivity index (χ4v) is 2.86. The zero-order valence-corrected chi connectivity index (χ0v) is 9.28. The van der Waals surface area contributed by atoms with Crippen LogP contribution in [0.2, 0.25) is 0 Å². The first kappa shape index (κ1) is 10.3. The van der Waals surface area contributed by atoms with E-state index >= 15 is 0 Å². The van der Waals surface area contributed by atoms with E-state index in [4.69, 9.17) is 5.11 Å². The van der Waals surface area contributed by atoms with E-state index in [-0.39, 0.29) is 17.8 Å². The van der Waals surface area contributed by atoms with Gasteiger partial charge in [0, 0.05) is 24.8 Å². The van der Waals surface area contributed by atoms with Crippen LogP contribution in [0.3, 0.4) is 0 Å². The summed E-state index contributed by atoms with van der Waals surface area (Å²) in [7, 11) is 0. The van der Waals surface area contributed by atoms with Gasteiger partial charge < -0.3 is 20.0 Å². The third-order valence-corrected chi connectivity index (χ3v) is 3.67. The summed E-state index contributed by atoms with van der Waals surface area (Å²) >= 11 is 0. The molecule has 3 rings (SSSR count). The van der Waals surface area contributed by atoms with Gasteiger partial charge in [0.25, 0.3) is 0 Å². The molecule has 5 heteroatoms. The van der Waals surface area contributed by atoms with E-state index in [0.717, 1.165) is 18.7 Å². The van der Waals surface area contributed by atoms with Gasteiger partial charge in [0.1, 0.15) is 5.75 Å². The molecule has 1 aromatic rings. The highest BCUT2D eigenvalue weighted by molar-refractivity contribution is 5.67. The van der Waals surface area contributed by atoms with E-state index in [9.17, 15) is 9.90 Å². The van der Waals surface area contributed by atoms with E-state index in [2.05, 4.69) is 4.90 Å². The highest BCUT2D eigenvalue weighted by atomic mass is 16.4. The first-order valence-corrected chi connectivity index (χ1v) is 5.70. The molecule has 2 atom stereocenters. The first-order chi connectivity index (χ1) is 8.15. The highest BCUT2D eigenvalue weighted by Gasteiger charge is 2.45. The maximum Gasteiger partial charge on any atom is 0.407 e. The van der Waals surface area contributed by atoms with Crippen molar-refractivity contribution in [3.8, 4) is 5.75 Å². The summed E-state index contributed by atoms with van der Waals surface area (Å²) in [5, 5.41) is 18.2. The number of phenols is 1. The summed E-state index contributed by atoms with van der Waals surface area (Å²) in [6.07, 6.45) is 0.0931. The lowest BCUT2D eigenvalue weighted by atomic mass is 10.2. The first-order valence-electron chi connectivity index (χ1n) is 5.70. The molecule has 2 fully saturated rings. The fourth-order valence-electron chi connectivity index (χ4n) is 2.86. The number of piperazine rings is 1. The van der Waals surface area contributed by atoms with Gasteiger partial charge >= 0.3 is 6.09 Å². The minimum absolute atomic E-state index is 0.117. The second-order valence-corrected chi connectivity index (χ2v) is 4.65. The monoisotopic (exact) mass is 234 g/mol. The summed E-state index contributed by atoms with van der Waals surface area (Å²) < 4.78 is 0. The number of anilines is 1. The number of phenolic OH excluding ortho intramolecular Hbond substituents is 1. The van der Waals surface area contributed by atoms with Gasteiger partial charge in [-0.2, -0.15) is 0 Å². The van der Waals surface area contributed by atoms with Crippen LogP contribution in [-0.2, 0) is 0 Å². The number of carbonyl (C=O) groups is 1. The summed E-state index contributed by atoms with van der Waals surface area (Å²) in [5.74, 6) is 0.255. The Morgan fingerprint density at radius 3 is 2.41 bits per heavy atom. The second kappa shape index (κ2) is 3.55. The third-order valence-electron chi connectivity index (χ3n) is 3.67. The summed E-state index contributed by atoms with van der Waals surface area (Å²) in [5.41, 5.74) is 1.06. The fraction of sp³-hybridized carbons (Fsp3) is 0.417. The zero-order valence-electron chi connectivity index (χ0n) is 9.28. The Morgan fingerprint density at radius 1 is 1.18 bits per heavy atom. The molecule has 2 heterocycles. The van der Waals surface area contributed by atoms with E-state index in [1.54, 1.807) is 12.1 Å². The maximum atomic E-state index is 11.0.